The van der Waals surface area contributed by atoms with Crippen molar-refractivity contribution in [3.63, 3.8) is 0 Å². The van der Waals surface area contributed by atoms with Gasteiger partial charge in [0.15, 0.2) is 0 Å². The summed E-state index contributed by atoms with van der Waals surface area (Å²) in [5, 5.41) is 3.98. The molecule has 0 saturated carbocycles. The van der Waals surface area contributed by atoms with Gasteiger partial charge in [0.1, 0.15) is 18.2 Å². The first-order chi connectivity index (χ1) is 17.6. The quantitative estimate of drug-likeness (QED) is 0.371. The Morgan fingerprint density at radius 3 is 2.61 bits per heavy atom. The SMILES string of the molecule is O=C1Nc2cc(-c3ccc(F)cc3)ccc2/C1=C\c1cc2cc(OCCN3CCOCC3)ccc2[nH]1. The molecule has 1 amide bonds. The maximum Gasteiger partial charge on any atom is 0.256 e. The van der Waals surface area contributed by atoms with E-state index in [0.29, 0.717) is 12.2 Å². The number of aromatic amines is 1. The molecule has 4 aromatic rings. The number of morpholine rings is 1. The summed E-state index contributed by atoms with van der Waals surface area (Å²) in [5.41, 5.74) is 5.83. The molecule has 0 aliphatic carbocycles. The van der Waals surface area contributed by atoms with Crippen molar-refractivity contribution in [3.8, 4) is 16.9 Å². The smallest absolute Gasteiger partial charge is 0.256 e. The minimum Gasteiger partial charge on any atom is -0.492 e. The first kappa shape index (κ1) is 22.5. The van der Waals surface area contributed by atoms with E-state index in [9.17, 15) is 9.18 Å². The Labute approximate surface area is 208 Å². The maximum atomic E-state index is 13.3. The van der Waals surface area contributed by atoms with E-state index in [1.54, 1.807) is 12.1 Å². The molecule has 1 saturated heterocycles. The van der Waals surface area contributed by atoms with Crippen molar-refractivity contribution in [1.82, 2.24) is 9.88 Å². The Bertz CT molecular complexity index is 1450. The minimum atomic E-state index is -0.275. The molecule has 182 valence electrons. The number of anilines is 1. The monoisotopic (exact) mass is 483 g/mol. The van der Waals surface area contributed by atoms with Crippen LogP contribution >= 0.6 is 0 Å². The van der Waals surface area contributed by atoms with E-state index in [-0.39, 0.29) is 11.7 Å². The molecule has 0 radical (unpaired) electrons. The summed E-state index contributed by atoms with van der Waals surface area (Å²) >= 11 is 0. The van der Waals surface area contributed by atoms with Gasteiger partial charge in [-0.3, -0.25) is 9.69 Å². The van der Waals surface area contributed by atoms with E-state index in [2.05, 4.69) is 15.2 Å². The summed E-state index contributed by atoms with van der Waals surface area (Å²) in [4.78, 5) is 18.5. The zero-order chi connectivity index (χ0) is 24.5. The lowest BCUT2D eigenvalue weighted by Gasteiger charge is -2.26. The zero-order valence-electron chi connectivity index (χ0n) is 19.7. The largest absolute Gasteiger partial charge is 0.492 e. The van der Waals surface area contributed by atoms with Crippen molar-refractivity contribution in [1.29, 1.82) is 0 Å². The lowest BCUT2D eigenvalue weighted by atomic mass is 10.00. The van der Waals surface area contributed by atoms with Crippen LogP contribution in [0.5, 0.6) is 5.75 Å². The van der Waals surface area contributed by atoms with Crippen molar-refractivity contribution >= 4 is 34.1 Å². The van der Waals surface area contributed by atoms with Crippen LogP contribution < -0.4 is 10.1 Å². The number of nitrogens with one attached hydrogen (secondary N) is 2. The van der Waals surface area contributed by atoms with Gasteiger partial charge in [0.25, 0.3) is 5.91 Å². The Balaban J connectivity index is 1.20. The summed E-state index contributed by atoms with van der Waals surface area (Å²) < 4.78 is 24.6. The number of rotatable bonds is 6. The van der Waals surface area contributed by atoms with Gasteiger partial charge in [0.2, 0.25) is 0 Å². The van der Waals surface area contributed by atoms with Crippen LogP contribution in [0.2, 0.25) is 0 Å². The third-order valence-corrected chi connectivity index (χ3v) is 6.67. The van der Waals surface area contributed by atoms with Crippen molar-refractivity contribution in [2.24, 2.45) is 0 Å². The maximum absolute atomic E-state index is 13.3. The highest BCUT2D eigenvalue weighted by Crippen LogP contribution is 2.36. The van der Waals surface area contributed by atoms with Crippen LogP contribution in [0.4, 0.5) is 10.1 Å². The third kappa shape index (κ3) is 4.63. The van der Waals surface area contributed by atoms with Crippen LogP contribution in [0.3, 0.4) is 0 Å². The lowest BCUT2D eigenvalue weighted by Crippen LogP contribution is -2.38. The Kier molecular flexibility index (Phi) is 6.01. The lowest BCUT2D eigenvalue weighted by molar-refractivity contribution is -0.110. The average molecular weight is 484 g/mol. The predicted octanol–water partition coefficient (Wildman–Crippen LogP) is 5.18. The highest BCUT2D eigenvalue weighted by molar-refractivity contribution is 6.35. The number of fused-ring (bicyclic) bond motifs is 2. The molecule has 3 aromatic carbocycles. The predicted molar refractivity (Wildman–Crippen MR) is 139 cm³/mol. The van der Waals surface area contributed by atoms with Gasteiger partial charge >= 0.3 is 0 Å². The molecule has 6 rings (SSSR count). The Hall–Kier alpha value is -3.94. The van der Waals surface area contributed by atoms with Crippen LogP contribution in [0.1, 0.15) is 11.3 Å². The van der Waals surface area contributed by atoms with Crippen LogP contribution in [-0.4, -0.2) is 55.2 Å². The number of hydrogen-bond donors (Lipinski definition) is 2. The summed E-state index contributed by atoms with van der Waals surface area (Å²) in [6.07, 6.45) is 1.87. The fourth-order valence-electron chi connectivity index (χ4n) is 4.73. The molecular weight excluding hydrogens is 457 g/mol. The van der Waals surface area contributed by atoms with Gasteiger partial charge in [0, 0.05) is 47.5 Å². The van der Waals surface area contributed by atoms with Crippen LogP contribution in [-0.2, 0) is 9.53 Å². The number of carbonyl (C=O) groups is 1. The fourth-order valence-corrected chi connectivity index (χ4v) is 4.73. The van der Waals surface area contributed by atoms with Gasteiger partial charge < -0.3 is 19.8 Å². The van der Waals surface area contributed by atoms with Gasteiger partial charge in [-0.25, -0.2) is 4.39 Å². The number of nitrogens with zero attached hydrogens (tertiary/aromatic N) is 1. The number of carbonyl (C=O) groups excluding carboxylic acids is 1. The first-order valence-corrected chi connectivity index (χ1v) is 12.1. The van der Waals surface area contributed by atoms with E-state index >= 15 is 0 Å². The first-order valence-electron chi connectivity index (χ1n) is 12.1. The normalized spacial score (nSPS) is 16.9. The van der Waals surface area contributed by atoms with E-state index in [4.69, 9.17) is 9.47 Å². The second kappa shape index (κ2) is 9.60. The molecular formula is C29H26FN3O3. The number of halogens is 1. The molecule has 0 bridgehead atoms. The number of benzene rings is 3. The topological polar surface area (TPSA) is 66.6 Å². The van der Waals surface area contributed by atoms with Crippen molar-refractivity contribution in [2.75, 3.05) is 44.8 Å². The van der Waals surface area contributed by atoms with Gasteiger partial charge in [-0.1, -0.05) is 24.3 Å². The molecule has 1 fully saturated rings. The summed E-state index contributed by atoms with van der Waals surface area (Å²) in [6.45, 7) is 4.97. The number of hydrogen-bond acceptors (Lipinski definition) is 4. The molecule has 2 aliphatic heterocycles. The number of aromatic nitrogens is 1. The van der Waals surface area contributed by atoms with Crippen molar-refractivity contribution < 1.29 is 18.7 Å². The van der Waals surface area contributed by atoms with Gasteiger partial charge in [-0.2, -0.15) is 0 Å². The molecule has 36 heavy (non-hydrogen) atoms. The molecule has 0 unspecified atom stereocenters. The summed E-state index contributed by atoms with van der Waals surface area (Å²) in [6, 6.07) is 20.1. The second-order valence-corrected chi connectivity index (χ2v) is 9.06. The van der Waals surface area contributed by atoms with Crippen LogP contribution in [0, 0.1) is 5.82 Å². The molecule has 7 heteroatoms. The molecule has 1 aromatic heterocycles. The summed E-state index contributed by atoms with van der Waals surface area (Å²) in [5.74, 6) is 0.404. The standard InChI is InChI=1S/C29H26FN3O3/c30-22-4-1-19(2-5-22)20-3-7-25-26(29(34)32-28(25)17-20)18-23-15-21-16-24(6-8-27(21)31-23)36-14-11-33-9-12-35-13-10-33/h1-8,15-18,31H,9-14H2,(H,32,34)/b26-18+. The third-order valence-electron chi connectivity index (χ3n) is 6.67. The molecule has 6 nitrogen and oxygen atoms in total. The Morgan fingerprint density at radius 1 is 0.972 bits per heavy atom. The van der Waals surface area contributed by atoms with Crippen LogP contribution in [0.15, 0.2) is 66.7 Å². The van der Waals surface area contributed by atoms with E-state index in [1.165, 1.54) is 12.1 Å². The van der Waals surface area contributed by atoms with Gasteiger partial charge in [0.05, 0.1) is 18.8 Å². The zero-order valence-corrected chi connectivity index (χ0v) is 19.7. The van der Waals surface area contributed by atoms with Crippen molar-refractivity contribution in [3.05, 3.63) is 83.8 Å². The van der Waals surface area contributed by atoms with E-state index < -0.39 is 0 Å². The molecule has 2 N–H and O–H groups in total. The number of amides is 1. The molecule has 0 atom stereocenters. The van der Waals surface area contributed by atoms with E-state index in [1.807, 2.05) is 48.5 Å². The van der Waals surface area contributed by atoms with Gasteiger partial charge in [-0.15, -0.1) is 0 Å². The average Bonchev–Trinajstić information content (AvgIpc) is 3.44. The molecule has 3 heterocycles. The molecule has 0 spiro atoms. The fraction of sp³-hybridized carbons (Fsp3) is 0.207. The van der Waals surface area contributed by atoms with Gasteiger partial charge in [-0.05, 0) is 59.7 Å². The summed E-state index contributed by atoms with van der Waals surface area (Å²) in [7, 11) is 0. The second-order valence-electron chi connectivity index (χ2n) is 9.06. The highest BCUT2D eigenvalue weighted by atomic mass is 19.1. The van der Waals surface area contributed by atoms with E-state index in [0.717, 1.165) is 77.6 Å². The Morgan fingerprint density at radius 2 is 1.78 bits per heavy atom. The number of ether oxygens (including phenoxy) is 2. The number of H-pyrrole nitrogens is 1. The minimum absolute atomic E-state index is 0.146. The van der Waals surface area contributed by atoms with Crippen molar-refractivity contribution in [2.45, 2.75) is 0 Å². The van der Waals surface area contributed by atoms with Crippen LogP contribution in [0.25, 0.3) is 33.7 Å². The molecule has 2 aliphatic rings. The highest BCUT2D eigenvalue weighted by Gasteiger charge is 2.24.